The minimum absolute atomic E-state index is 0.0541. The van der Waals surface area contributed by atoms with Crippen molar-refractivity contribution < 1.29 is 9.53 Å². The van der Waals surface area contributed by atoms with Crippen LogP contribution >= 0.6 is 11.6 Å². The first-order valence-electron chi connectivity index (χ1n) is 7.69. The van der Waals surface area contributed by atoms with Crippen molar-refractivity contribution in [3.63, 3.8) is 0 Å². The van der Waals surface area contributed by atoms with Gasteiger partial charge in [0, 0.05) is 42.0 Å². The van der Waals surface area contributed by atoms with Crippen molar-refractivity contribution in [1.29, 1.82) is 0 Å². The Balaban J connectivity index is 1.83. The highest BCUT2D eigenvalue weighted by Crippen LogP contribution is 2.42. The summed E-state index contributed by atoms with van der Waals surface area (Å²) in [5, 5.41) is 4.14. The molecule has 0 aliphatic carbocycles. The summed E-state index contributed by atoms with van der Waals surface area (Å²) in [4.78, 5) is 13.0. The maximum Gasteiger partial charge on any atom is 0.146 e. The molecule has 21 heavy (non-hydrogen) atoms. The third-order valence-electron chi connectivity index (χ3n) is 4.98. The molecule has 0 radical (unpaired) electrons. The number of carbonyl (C=O) groups is 1. The first-order chi connectivity index (χ1) is 10.1. The molecular formula is C17H22ClNO2. The smallest absolute Gasteiger partial charge is 0.146 e. The third kappa shape index (κ3) is 2.87. The number of halogens is 1. The number of carbonyl (C=O) groups excluding carboxylic acids is 1. The molecular weight excluding hydrogens is 286 g/mol. The van der Waals surface area contributed by atoms with E-state index < -0.39 is 0 Å². The molecule has 0 bridgehead atoms. The molecule has 0 amide bonds. The van der Waals surface area contributed by atoms with Gasteiger partial charge in [-0.2, -0.15) is 0 Å². The summed E-state index contributed by atoms with van der Waals surface area (Å²) in [5.41, 5.74) is 0.844. The summed E-state index contributed by atoms with van der Waals surface area (Å²) in [7, 11) is 0. The van der Waals surface area contributed by atoms with Crippen molar-refractivity contribution in [3.8, 4) is 0 Å². The number of hydrogen-bond donors (Lipinski definition) is 1. The van der Waals surface area contributed by atoms with Crippen LogP contribution in [0.25, 0.3) is 0 Å². The van der Waals surface area contributed by atoms with Crippen LogP contribution in [0.5, 0.6) is 0 Å². The van der Waals surface area contributed by atoms with Gasteiger partial charge < -0.3 is 10.1 Å². The molecule has 2 aliphatic rings. The second-order valence-electron chi connectivity index (χ2n) is 6.43. The van der Waals surface area contributed by atoms with Crippen molar-refractivity contribution in [2.24, 2.45) is 11.3 Å². The van der Waals surface area contributed by atoms with Crippen molar-refractivity contribution in [2.45, 2.75) is 25.7 Å². The van der Waals surface area contributed by atoms with E-state index in [-0.39, 0.29) is 17.3 Å². The van der Waals surface area contributed by atoms with Crippen LogP contribution in [-0.2, 0) is 9.53 Å². The van der Waals surface area contributed by atoms with Gasteiger partial charge in [0.1, 0.15) is 5.78 Å². The fraction of sp³-hybridized carbons (Fsp3) is 0.588. The van der Waals surface area contributed by atoms with Crippen LogP contribution in [0.3, 0.4) is 0 Å². The summed E-state index contributed by atoms with van der Waals surface area (Å²) < 4.78 is 5.51. The average molecular weight is 308 g/mol. The summed E-state index contributed by atoms with van der Waals surface area (Å²) in [6.45, 7) is 5.07. The van der Waals surface area contributed by atoms with E-state index in [0.29, 0.717) is 12.4 Å². The normalized spacial score (nSPS) is 33.0. The van der Waals surface area contributed by atoms with Crippen LogP contribution in [0.1, 0.15) is 31.2 Å². The zero-order valence-corrected chi connectivity index (χ0v) is 13.2. The predicted octanol–water partition coefficient (Wildman–Crippen LogP) is 3.03. The molecule has 0 saturated carbocycles. The Bertz CT molecular complexity index is 510. The molecule has 1 unspecified atom stereocenters. The molecule has 114 valence electrons. The van der Waals surface area contributed by atoms with Crippen molar-refractivity contribution >= 4 is 17.4 Å². The van der Waals surface area contributed by atoms with Gasteiger partial charge in [0.25, 0.3) is 0 Å². The van der Waals surface area contributed by atoms with Crippen LogP contribution in [0.4, 0.5) is 0 Å². The number of rotatable bonds is 3. The van der Waals surface area contributed by atoms with Gasteiger partial charge in [-0.3, -0.25) is 4.79 Å². The maximum absolute atomic E-state index is 13.0. The highest BCUT2D eigenvalue weighted by molar-refractivity contribution is 6.30. The second kappa shape index (κ2) is 6.07. The zero-order chi connectivity index (χ0) is 14.9. The molecule has 1 aromatic rings. The number of hydrogen-bond acceptors (Lipinski definition) is 3. The first-order valence-corrected chi connectivity index (χ1v) is 8.07. The fourth-order valence-corrected chi connectivity index (χ4v) is 3.80. The highest BCUT2D eigenvalue weighted by atomic mass is 35.5. The molecule has 1 aromatic carbocycles. The summed E-state index contributed by atoms with van der Waals surface area (Å²) >= 11 is 5.97. The monoisotopic (exact) mass is 307 g/mol. The Kier molecular flexibility index (Phi) is 4.34. The van der Waals surface area contributed by atoms with Gasteiger partial charge in [-0.25, -0.2) is 0 Å². The molecule has 2 saturated heterocycles. The highest BCUT2D eigenvalue weighted by Gasteiger charge is 2.47. The quantitative estimate of drug-likeness (QED) is 0.933. The number of Topliss-reactive ketones (excluding diaryl/α,β-unsaturated/α-hetero) is 1. The van der Waals surface area contributed by atoms with E-state index in [0.717, 1.165) is 37.6 Å². The Hall–Kier alpha value is -0.900. The molecule has 3 nitrogen and oxygen atoms in total. The number of benzene rings is 1. The van der Waals surface area contributed by atoms with Gasteiger partial charge in [-0.15, -0.1) is 0 Å². The van der Waals surface area contributed by atoms with Crippen molar-refractivity contribution in [2.75, 3.05) is 26.3 Å². The summed E-state index contributed by atoms with van der Waals surface area (Å²) in [6.07, 6.45) is 1.95. The van der Waals surface area contributed by atoms with E-state index >= 15 is 0 Å². The van der Waals surface area contributed by atoms with Crippen LogP contribution in [0.15, 0.2) is 24.3 Å². The molecule has 0 spiro atoms. The van der Waals surface area contributed by atoms with Gasteiger partial charge in [-0.05, 0) is 30.5 Å². The van der Waals surface area contributed by atoms with Gasteiger partial charge >= 0.3 is 0 Å². The SMILES string of the molecule is C[C@@]1(C(=O)C2CCCOC2)CNC[C@@H]1c1ccc(Cl)cc1. The number of ether oxygens (including phenoxy) is 1. The lowest BCUT2D eigenvalue weighted by Gasteiger charge is -2.34. The van der Waals surface area contributed by atoms with Crippen LogP contribution in [-0.4, -0.2) is 32.1 Å². The van der Waals surface area contributed by atoms with Gasteiger partial charge in [0.15, 0.2) is 0 Å². The minimum Gasteiger partial charge on any atom is -0.381 e. The average Bonchev–Trinajstić information content (AvgIpc) is 2.91. The first kappa shape index (κ1) is 15.0. The number of nitrogens with one attached hydrogen (secondary N) is 1. The molecule has 3 atom stereocenters. The van der Waals surface area contributed by atoms with Crippen LogP contribution in [0, 0.1) is 11.3 Å². The standard InChI is InChI=1S/C17H22ClNO2/c1-17(16(20)13-3-2-8-21-10-13)11-19-9-15(17)12-4-6-14(18)7-5-12/h4-7,13,15,19H,2-3,8-11H2,1H3/t13?,15-,17-/m1/s1. The molecule has 0 aromatic heterocycles. The van der Waals surface area contributed by atoms with Crippen LogP contribution < -0.4 is 5.32 Å². The van der Waals surface area contributed by atoms with E-state index in [4.69, 9.17) is 16.3 Å². The lowest BCUT2D eigenvalue weighted by atomic mass is 9.69. The topological polar surface area (TPSA) is 38.3 Å². The predicted molar refractivity (Wildman–Crippen MR) is 83.7 cm³/mol. The Labute approximate surface area is 131 Å². The maximum atomic E-state index is 13.0. The van der Waals surface area contributed by atoms with E-state index in [1.165, 1.54) is 5.56 Å². The van der Waals surface area contributed by atoms with Crippen LogP contribution in [0.2, 0.25) is 5.02 Å². The molecule has 2 aliphatic heterocycles. The van der Waals surface area contributed by atoms with E-state index in [2.05, 4.69) is 12.2 Å². The largest absolute Gasteiger partial charge is 0.381 e. The Morgan fingerprint density at radius 2 is 2.14 bits per heavy atom. The van der Waals surface area contributed by atoms with Gasteiger partial charge in [0.2, 0.25) is 0 Å². The third-order valence-corrected chi connectivity index (χ3v) is 5.23. The van der Waals surface area contributed by atoms with E-state index in [1.807, 2.05) is 24.3 Å². The molecule has 2 fully saturated rings. The Morgan fingerprint density at radius 3 is 2.81 bits per heavy atom. The van der Waals surface area contributed by atoms with Gasteiger partial charge in [-0.1, -0.05) is 30.7 Å². The molecule has 1 N–H and O–H groups in total. The lowest BCUT2D eigenvalue weighted by Crippen LogP contribution is -2.41. The Morgan fingerprint density at radius 1 is 1.38 bits per heavy atom. The fourth-order valence-electron chi connectivity index (χ4n) is 3.68. The summed E-state index contributed by atoms with van der Waals surface area (Å²) in [6, 6.07) is 7.90. The second-order valence-corrected chi connectivity index (χ2v) is 6.87. The lowest BCUT2D eigenvalue weighted by molar-refractivity contribution is -0.136. The zero-order valence-electron chi connectivity index (χ0n) is 12.4. The summed E-state index contributed by atoms with van der Waals surface area (Å²) in [5.74, 6) is 0.620. The number of ketones is 1. The van der Waals surface area contributed by atoms with Crippen molar-refractivity contribution in [3.05, 3.63) is 34.9 Å². The van der Waals surface area contributed by atoms with E-state index in [1.54, 1.807) is 0 Å². The van der Waals surface area contributed by atoms with Crippen molar-refractivity contribution in [1.82, 2.24) is 5.32 Å². The van der Waals surface area contributed by atoms with Gasteiger partial charge in [0.05, 0.1) is 6.61 Å². The molecule has 2 heterocycles. The molecule has 4 heteroatoms. The molecule has 3 rings (SSSR count). The van der Waals surface area contributed by atoms with E-state index in [9.17, 15) is 4.79 Å². The minimum atomic E-state index is -0.348.